The quantitative estimate of drug-likeness (QED) is 0.286. The Morgan fingerprint density at radius 3 is 2.81 bits per heavy atom. The van der Waals surface area contributed by atoms with Crippen LogP contribution in [0.2, 0.25) is 0 Å². The van der Waals surface area contributed by atoms with Gasteiger partial charge in [-0.2, -0.15) is 5.26 Å². The Kier molecular flexibility index (Phi) is 8.75. The summed E-state index contributed by atoms with van der Waals surface area (Å²) < 4.78 is 32.0. The lowest BCUT2D eigenvalue weighted by Crippen LogP contribution is -2.24. The van der Waals surface area contributed by atoms with Crippen LogP contribution in [0.4, 0.5) is 21.7 Å². The standard InChI is InChI=1S/C31H29FN6O4/c1-40-29-13-19(16-33)12-25(32)24(29)18-42-28-7-5-22-14-21(28)17-41-11-3-2-9-35-30(39)20-4-6-23(26(34)15-20)27-8-10-36-31(37-22)38-27/h4-8,10,12-15H,2-3,9,11,17-18,34H2,1H3,(H,35,39)(H,36,37,38). The summed E-state index contributed by atoms with van der Waals surface area (Å²) in [6.07, 6.45) is 3.07. The van der Waals surface area contributed by atoms with Gasteiger partial charge >= 0.3 is 0 Å². The molecule has 3 heterocycles. The highest BCUT2D eigenvalue weighted by atomic mass is 19.1. The Labute approximate surface area is 242 Å². The Bertz CT molecular complexity index is 1660. The van der Waals surface area contributed by atoms with Crippen LogP contribution in [0.15, 0.2) is 60.8 Å². The van der Waals surface area contributed by atoms with Gasteiger partial charge < -0.3 is 30.6 Å². The molecule has 4 N–H and O–H groups in total. The van der Waals surface area contributed by atoms with Crippen LogP contribution >= 0.6 is 0 Å². The number of ether oxygens (including phenoxy) is 3. The molecule has 0 unspecified atom stereocenters. The summed E-state index contributed by atoms with van der Waals surface area (Å²) in [5, 5.41) is 15.3. The largest absolute Gasteiger partial charge is 0.496 e. The molecule has 214 valence electrons. The van der Waals surface area contributed by atoms with Crippen LogP contribution in [0.1, 0.15) is 39.9 Å². The second-order valence-electron chi connectivity index (χ2n) is 9.57. The number of hydrogen-bond donors (Lipinski definition) is 3. The molecule has 0 radical (unpaired) electrons. The Morgan fingerprint density at radius 1 is 1.12 bits per heavy atom. The van der Waals surface area contributed by atoms with E-state index in [2.05, 4.69) is 20.6 Å². The van der Waals surface area contributed by atoms with E-state index in [1.807, 2.05) is 12.1 Å². The molecule has 0 saturated carbocycles. The maximum atomic E-state index is 14.8. The fraction of sp³-hybridized carbons (Fsp3) is 0.226. The molecule has 1 aromatic heterocycles. The molecule has 2 aliphatic heterocycles. The smallest absolute Gasteiger partial charge is 0.251 e. The number of carbonyl (C=O) groups is 1. The molecule has 11 heteroatoms. The van der Waals surface area contributed by atoms with Crippen molar-refractivity contribution in [3.8, 4) is 28.8 Å². The van der Waals surface area contributed by atoms with Gasteiger partial charge in [0.25, 0.3) is 5.91 Å². The van der Waals surface area contributed by atoms with E-state index in [4.69, 9.17) is 25.2 Å². The number of hydrogen-bond acceptors (Lipinski definition) is 9. The topological polar surface area (TPSA) is 144 Å². The van der Waals surface area contributed by atoms with Crippen LogP contribution in [0.3, 0.4) is 0 Å². The van der Waals surface area contributed by atoms with Crippen LogP contribution in [0.5, 0.6) is 11.5 Å². The van der Waals surface area contributed by atoms with Crippen molar-refractivity contribution >= 4 is 23.2 Å². The molecule has 42 heavy (non-hydrogen) atoms. The predicted molar refractivity (Wildman–Crippen MR) is 155 cm³/mol. The average Bonchev–Trinajstić information content (AvgIpc) is 2.99. The zero-order chi connectivity index (χ0) is 29.5. The van der Waals surface area contributed by atoms with Gasteiger partial charge in [0.2, 0.25) is 5.95 Å². The van der Waals surface area contributed by atoms with Crippen molar-refractivity contribution in [2.24, 2.45) is 0 Å². The molecule has 6 bridgehead atoms. The van der Waals surface area contributed by atoms with Gasteiger partial charge in [-0.1, -0.05) is 0 Å². The van der Waals surface area contributed by atoms with Crippen molar-refractivity contribution in [3.05, 3.63) is 88.9 Å². The summed E-state index contributed by atoms with van der Waals surface area (Å²) in [6, 6.07) is 16.8. The minimum absolute atomic E-state index is 0.120. The SMILES string of the molecule is COc1cc(C#N)cc(F)c1COc1ccc2cc1COCCCCNC(=O)c1ccc(c(N)c1)-c1ccnc(n1)N2. The normalized spacial score (nSPS) is 13.5. The molecule has 3 aromatic carbocycles. The highest BCUT2D eigenvalue weighted by molar-refractivity contribution is 5.96. The first-order valence-electron chi connectivity index (χ1n) is 13.3. The molecule has 0 spiro atoms. The van der Waals surface area contributed by atoms with Gasteiger partial charge in [0.05, 0.1) is 36.6 Å². The predicted octanol–water partition coefficient (Wildman–Crippen LogP) is 5.11. The van der Waals surface area contributed by atoms with Crippen LogP contribution in [-0.2, 0) is 18.0 Å². The molecule has 0 aliphatic carbocycles. The number of amides is 1. The minimum atomic E-state index is -0.592. The minimum Gasteiger partial charge on any atom is -0.496 e. The molecule has 10 nitrogen and oxygen atoms in total. The Morgan fingerprint density at radius 2 is 2.00 bits per heavy atom. The van der Waals surface area contributed by atoms with Crippen LogP contribution in [0, 0.1) is 17.1 Å². The second-order valence-corrected chi connectivity index (χ2v) is 9.57. The number of fused-ring (bicyclic) bond motifs is 9. The van der Waals surface area contributed by atoms with E-state index in [9.17, 15) is 9.18 Å². The fourth-order valence-corrected chi connectivity index (χ4v) is 4.51. The van der Waals surface area contributed by atoms with E-state index >= 15 is 0 Å². The number of rotatable bonds is 4. The van der Waals surface area contributed by atoms with Crippen molar-refractivity contribution in [3.63, 3.8) is 0 Å². The molecule has 1 amide bonds. The number of carbonyl (C=O) groups excluding carboxylic acids is 1. The third-order valence-electron chi connectivity index (χ3n) is 6.70. The zero-order valence-corrected chi connectivity index (χ0v) is 22.9. The van der Waals surface area contributed by atoms with E-state index in [-0.39, 0.29) is 36.0 Å². The number of anilines is 3. The van der Waals surface area contributed by atoms with Gasteiger partial charge in [-0.3, -0.25) is 4.79 Å². The Balaban J connectivity index is 1.43. The molecule has 0 fully saturated rings. The summed E-state index contributed by atoms with van der Waals surface area (Å²) in [5.41, 5.74) is 10.2. The molecule has 0 atom stereocenters. The molecule has 0 saturated heterocycles. The number of methoxy groups -OCH3 is 1. The van der Waals surface area contributed by atoms with Gasteiger partial charge in [-0.05, 0) is 67.4 Å². The highest BCUT2D eigenvalue weighted by Gasteiger charge is 2.16. The van der Waals surface area contributed by atoms with Gasteiger partial charge in [0, 0.05) is 47.4 Å². The van der Waals surface area contributed by atoms with Gasteiger partial charge in [0.15, 0.2) is 0 Å². The lowest BCUT2D eigenvalue weighted by atomic mass is 10.1. The van der Waals surface area contributed by atoms with Crippen LogP contribution < -0.4 is 25.8 Å². The van der Waals surface area contributed by atoms with E-state index in [1.54, 1.807) is 42.6 Å². The number of nitriles is 1. The molecular weight excluding hydrogens is 539 g/mol. The molecule has 2 aliphatic rings. The lowest BCUT2D eigenvalue weighted by Gasteiger charge is -2.16. The van der Waals surface area contributed by atoms with Crippen molar-refractivity contribution in [1.82, 2.24) is 15.3 Å². The van der Waals surface area contributed by atoms with Gasteiger partial charge in [0.1, 0.15) is 23.9 Å². The van der Waals surface area contributed by atoms with Gasteiger partial charge in [-0.15, -0.1) is 0 Å². The average molecular weight is 569 g/mol. The van der Waals surface area contributed by atoms with Crippen LogP contribution in [-0.4, -0.2) is 36.1 Å². The highest BCUT2D eigenvalue weighted by Crippen LogP contribution is 2.30. The fourth-order valence-electron chi connectivity index (χ4n) is 4.51. The van der Waals surface area contributed by atoms with E-state index in [0.717, 1.165) is 24.5 Å². The molecule has 4 aromatic rings. The third kappa shape index (κ3) is 6.56. The second kappa shape index (κ2) is 13.0. The van der Waals surface area contributed by atoms with Crippen LogP contribution in [0.25, 0.3) is 11.3 Å². The van der Waals surface area contributed by atoms with Crippen molar-refractivity contribution in [2.75, 3.05) is 31.3 Å². The zero-order valence-electron chi connectivity index (χ0n) is 22.9. The maximum absolute atomic E-state index is 14.8. The third-order valence-corrected chi connectivity index (χ3v) is 6.70. The molecular formula is C31H29FN6O4. The first-order valence-corrected chi connectivity index (χ1v) is 13.3. The summed E-state index contributed by atoms with van der Waals surface area (Å²) in [6.45, 7) is 1.06. The summed E-state index contributed by atoms with van der Waals surface area (Å²) in [7, 11) is 1.41. The molecule has 6 rings (SSSR count). The van der Waals surface area contributed by atoms with E-state index < -0.39 is 5.82 Å². The monoisotopic (exact) mass is 568 g/mol. The summed E-state index contributed by atoms with van der Waals surface area (Å²) in [5.74, 6) is 0.268. The van der Waals surface area contributed by atoms with Crippen molar-refractivity contribution in [2.45, 2.75) is 26.1 Å². The number of nitrogen functional groups attached to an aromatic ring is 1. The van der Waals surface area contributed by atoms with Crippen molar-refractivity contribution < 1.29 is 23.4 Å². The first-order chi connectivity index (χ1) is 20.4. The number of benzene rings is 3. The van der Waals surface area contributed by atoms with E-state index in [1.165, 1.54) is 13.2 Å². The number of halogens is 1. The van der Waals surface area contributed by atoms with Gasteiger partial charge in [-0.25, -0.2) is 14.4 Å². The number of aromatic nitrogens is 2. The van der Waals surface area contributed by atoms with E-state index in [0.29, 0.717) is 53.0 Å². The number of nitrogens with zero attached hydrogens (tertiary/aromatic N) is 3. The lowest BCUT2D eigenvalue weighted by molar-refractivity contribution is 0.0945. The summed E-state index contributed by atoms with van der Waals surface area (Å²) in [4.78, 5) is 21.5. The van der Waals surface area contributed by atoms with Crippen molar-refractivity contribution in [1.29, 1.82) is 5.26 Å². The first kappa shape index (κ1) is 28.3. The maximum Gasteiger partial charge on any atom is 0.251 e. The Hall–Kier alpha value is -5.21. The number of nitrogens with two attached hydrogens (primary N) is 1. The number of nitrogens with one attached hydrogen (secondary N) is 2. The summed E-state index contributed by atoms with van der Waals surface area (Å²) >= 11 is 0.